The first kappa shape index (κ1) is 6.86. The number of aryl methyl sites for hydroxylation is 1. The first-order chi connectivity index (χ1) is 4.63. The van der Waals surface area contributed by atoms with Gasteiger partial charge in [-0.1, -0.05) is 0 Å². The fourth-order valence-corrected chi connectivity index (χ4v) is 0.670. The number of nitrogens with zero attached hydrogens (tertiary/aromatic N) is 2. The predicted molar refractivity (Wildman–Crippen MR) is 37.2 cm³/mol. The topological polar surface area (TPSA) is 55.4 Å². The van der Waals surface area contributed by atoms with Gasteiger partial charge in [0.15, 0.2) is 5.75 Å². The molecule has 1 aromatic rings. The molecule has 0 spiro atoms. The molecular formula is C7H8N2O. The zero-order chi connectivity index (χ0) is 7.72. The SMILES string of the molecule is Cc1cnc([N])c(O)c1C. The highest BCUT2D eigenvalue weighted by Crippen LogP contribution is 2.24. The monoisotopic (exact) mass is 136 g/mol. The third kappa shape index (κ3) is 0.900. The van der Waals surface area contributed by atoms with Gasteiger partial charge >= 0.3 is 0 Å². The Hall–Kier alpha value is -1.25. The molecule has 2 radical (unpaired) electrons. The first-order valence-electron chi connectivity index (χ1n) is 2.97. The summed E-state index contributed by atoms with van der Waals surface area (Å²) in [5.41, 5.74) is 10.4. The minimum atomic E-state index is -0.303. The Bertz CT molecular complexity index is 231. The summed E-state index contributed by atoms with van der Waals surface area (Å²) in [6.45, 7) is 3.55. The molecule has 0 saturated carbocycles. The zero-order valence-corrected chi connectivity index (χ0v) is 5.92. The number of hydrogen-bond donors (Lipinski definition) is 1. The molecule has 0 unspecified atom stereocenters. The second kappa shape index (κ2) is 2.17. The lowest BCUT2D eigenvalue weighted by molar-refractivity contribution is 0.469. The molecule has 0 fully saturated rings. The van der Waals surface area contributed by atoms with Crippen LogP contribution in [0.2, 0.25) is 0 Å². The summed E-state index contributed by atoms with van der Waals surface area (Å²) >= 11 is 0. The fourth-order valence-electron chi connectivity index (χ4n) is 0.670. The lowest BCUT2D eigenvalue weighted by atomic mass is 10.1. The van der Waals surface area contributed by atoms with E-state index < -0.39 is 0 Å². The third-order valence-corrected chi connectivity index (χ3v) is 1.54. The van der Waals surface area contributed by atoms with Crippen molar-refractivity contribution in [2.45, 2.75) is 13.8 Å². The van der Waals surface area contributed by atoms with Gasteiger partial charge in [-0.05, 0) is 25.0 Å². The van der Waals surface area contributed by atoms with Crippen molar-refractivity contribution in [2.24, 2.45) is 0 Å². The molecule has 0 aromatic carbocycles. The Kier molecular flexibility index (Phi) is 1.49. The Labute approximate surface area is 59.5 Å². The van der Waals surface area contributed by atoms with E-state index in [1.54, 1.807) is 6.92 Å². The molecule has 0 aliphatic carbocycles. The minimum absolute atomic E-state index is 0.125. The minimum Gasteiger partial charge on any atom is -0.504 e. The summed E-state index contributed by atoms with van der Waals surface area (Å²) in [6.07, 6.45) is 1.52. The van der Waals surface area contributed by atoms with Crippen LogP contribution in [0.4, 0.5) is 5.82 Å². The standard InChI is InChI=1S/C7H8N2O/c1-4-3-9-7(8)6(10)5(4)2/h3,10H,1-2H3. The molecular weight excluding hydrogens is 128 g/mol. The van der Waals surface area contributed by atoms with E-state index in [1.165, 1.54) is 6.20 Å². The van der Waals surface area contributed by atoms with Gasteiger partial charge in [0.25, 0.3) is 0 Å². The van der Waals surface area contributed by atoms with E-state index in [-0.39, 0.29) is 11.6 Å². The number of aromatic nitrogens is 1. The maximum atomic E-state index is 9.07. The van der Waals surface area contributed by atoms with Crippen LogP contribution in [0, 0.1) is 13.8 Å². The molecule has 0 aliphatic heterocycles. The van der Waals surface area contributed by atoms with Crippen molar-refractivity contribution in [1.82, 2.24) is 10.7 Å². The van der Waals surface area contributed by atoms with Gasteiger partial charge in [0.2, 0.25) is 5.82 Å². The molecule has 1 aromatic heterocycles. The van der Waals surface area contributed by atoms with E-state index in [9.17, 15) is 0 Å². The van der Waals surface area contributed by atoms with Gasteiger partial charge in [0.1, 0.15) is 0 Å². The molecule has 3 nitrogen and oxygen atoms in total. The van der Waals surface area contributed by atoms with Crippen molar-refractivity contribution in [2.75, 3.05) is 0 Å². The maximum Gasteiger partial charge on any atom is 0.216 e. The quantitative estimate of drug-likeness (QED) is 0.580. The van der Waals surface area contributed by atoms with Crippen LogP contribution in [0.1, 0.15) is 11.1 Å². The van der Waals surface area contributed by atoms with Gasteiger partial charge in [-0.15, -0.1) is 5.73 Å². The third-order valence-electron chi connectivity index (χ3n) is 1.54. The number of pyridine rings is 1. The molecule has 1 N–H and O–H groups in total. The van der Waals surface area contributed by atoms with Crippen molar-refractivity contribution >= 4 is 5.82 Å². The fraction of sp³-hybridized carbons (Fsp3) is 0.286. The van der Waals surface area contributed by atoms with Crippen LogP contribution in [-0.2, 0) is 0 Å². The largest absolute Gasteiger partial charge is 0.504 e. The number of hydrogen-bond acceptors (Lipinski definition) is 2. The average Bonchev–Trinajstić information content (AvgIpc) is 1.93. The van der Waals surface area contributed by atoms with E-state index in [0.717, 1.165) is 5.56 Å². The molecule has 10 heavy (non-hydrogen) atoms. The van der Waals surface area contributed by atoms with Crippen LogP contribution in [0.5, 0.6) is 5.75 Å². The van der Waals surface area contributed by atoms with E-state index in [1.807, 2.05) is 6.92 Å². The number of rotatable bonds is 0. The molecule has 0 amide bonds. The summed E-state index contributed by atoms with van der Waals surface area (Å²) in [4.78, 5) is 3.54. The second-order valence-electron chi connectivity index (χ2n) is 2.24. The van der Waals surface area contributed by atoms with Gasteiger partial charge in [-0.3, -0.25) is 0 Å². The molecule has 0 bridgehead atoms. The summed E-state index contributed by atoms with van der Waals surface area (Å²) in [6, 6.07) is 0. The molecule has 0 atom stereocenters. The highest BCUT2D eigenvalue weighted by molar-refractivity contribution is 5.49. The van der Waals surface area contributed by atoms with E-state index >= 15 is 0 Å². The summed E-state index contributed by atoms with van der Waals surface area (Å²) in [5.74, 6) is -0.428. The Balaban J connectivity index is 3.34. The maximum absolute atomic E-state index is 9.07. The zero-order valence-electron chi connectivity index (χ0n) is 5.92. The van der Waals surface area contributed by atoms with E-state index in [0.29, 0.717) is 5.56 Å². The Morgan fingerprint density at radius 2 is 2.10 bits per heavy atom. The van der Waals surface area contributed by atoms with Crippen molar-refractivity contribution in [3.8, 4) is 5.75 Å². The van der Waals surface area contributed by atoms with Crippen molar-refractivity contribution in [3.63, 3.8) is 0 Å². The average molecular weight is 136 g/mol. The van der Waals surface area contributed by atoms with Gasteiger partial charge in [-0.2, -0.15) is 0 Å². The molecule has 0 saturated heterocycles. The molecule has 0 aliphatic rings. The van der Waals surface area contributed by atoms with E-state index in [4.69, 9.17) is 10.8 Å². The lowest BCUT2D eigenvalue weighted by Crippen LogP contribution is -1.86. The van der Waals surface area contributed by atoms with Crippen molar-refractivity contribution < 1.29 is 5.11 Å². The summed E-state index contributed by atoms with van der Waals surface area (Å²) < 4.78 is 0. The van der Waals surface area contributed by atoms with Crippen LogP contribution in [0.3, 0.4) is 0 Å². The van der Waals surface area contributed by atoms with Gasteiger partial charge < -0.3 is 5.11 Å². The van der Waals surface area contributed by atoms with Crippen LogP contribution in [0.15, 0.2) is 6.20 Å². The normalized spacial score (nSPS) is 9.80. The van der Waals surface area contributed by atoms with Gasteiger partial charge in [0.05, 0.1) is 0 Å². The van der Waals surface area contributed by atoms with Gasteiger partial charge in [0, 0.05) is 6.20 Å². The van der Waals surface area contributed by atoms with Crippen LogP contribution >= 0.6 is 0 Å². The lowest BCUT2D eigenvalue weighted by Gasteiger charge is -2.01. The first-order valence-corrected chi connectivity index (χ1v) is 2.97. The van der Waals surface area contributed by atoms with E-state index in [2.05, 4.69) is 4.98 Å². The number of aromatic hydroxyl groups is 1. The Morgan fingerprint density at radius 3 is 2.60 bits per heavy atom. The molecule has 52 valence electrons. The molecule has 3 heteroatoms. The van der Waals surface area contributed by atoms with Crippen molar-refractivity contribution in [1.29, 1.82) is 0 Å². The summed E-state index contributed by atoms with van der Waals surface area (Å²) in [5, 5.41) is 9.07. The summed E-state index contributed by atoms with van der Waals surface area (Å²) in [7, 11) is 0. The second-order valence-corrected chi connectivity index (χ2v) is 2.24. The molecule has 1 heterocycles. The van der Waals surface area contributed by atoms with Crippen LogP contribution < -0.4 is 5.73 Å². The Morgan fingerprint density at radius 1 is 1.50 bits per heavy atom. The van der Waals surface area contributed by atoms with Crippen LogP contribution in [0.25, 0.3) is 0 Å². The van der Waals surface area contributed by atoms with Gasteiger partial charge in [-0.25, -0.2) is 4.98 Å². The smallest absolute Gasteiger partial charge is 0.216 e. The predicted octanol–water partition coefficient (Wildman–Crippen LogP) is 1.10. The van der Waals surface area contributed by atoms with Crippen molar-refractivity contribution in [3.05, 3.63) is 17.3 Å². The molecule has 1 rings (SSSR count). The van der Waals surface area contributed by atoms with Crippen LogP contribution in [-0.4, -0.2) is 10.1 Å². The highest BCUT2D eigenvalue weighted by atomic mass is 16.3. The highest BCUT2D eigenvalue weighted by Gasteiger charge is 2.04.